The lowest BCUT2D eigenvalue weighted by Crippen LogP contribution is -2.07. The maximum absolute atomic E-state index is 12.1. The van der Waals surface area contributed by atoms with Gasteiger partial charge in [-0.2, -0.15) is 0 Å². The maximum atomic E-state index is 12.1. The molecule has 2 aromatic carbocycles. The minimum absolute atomic E-state index is 0.190. The molecule has 0 aliphatic rings. The number of benzene rings is 2. The van der Waals surface area contributed by atoms with E-state index in [2.05, 4.69) is 19.2 Å². The van der Waals surface area contributed by atoms with Gasteiger partial charge in [0.25, 0.3) is 0 Å². The van der Waals surface area contributed by atoms with Gasteiger partial charge in [-0.05, 0) is 41.8 Å². The number of nitrogens with one attached hydrogen (secondary N) is 1. The summed E-state index contributed by atoms with van der Waals surface area (Å²) in [5.41, 5.74) is 2.82. The number of methoxy groups -OCH3 is 2. The summed E-state index contributed by atoms with van der Waals surface area (Å²) in [5, 5.41) is 2.85. The number of carbonyl (C=O) groups excluding carboxylic acids is 1. The Kier molecular flexibility index (Phi) is 6.01. The first kappa shape index (κ1) is 17.6. The molecule has 0 aromatic heterocycles. The fourth-order valence-corrected chi connectivity index (χ4v) is 2.26. The third-order valence-electron chi connectivity index (χ3n) is 3.70. The lowest BCUT2D eigenvalue weighted by Gasteiger charge is -2.08. The van der Waals surface area contributed by atoms with Crippen LogP contribution in [0.25, 0.3) is 6.08 Å². The van der Waals surface area contributed by atoms with Gasteiger partial charge in [0.05, 0.1) is 14.2 Å². The lowest BCUT2D eigenvalue weighted by atomic mass is 10.0. The number of hydrogen-bond acceptors (Lipinski definition) is 3. The normalized spacial score (nSPS) is 10.9. The average molecular weight is 325 g/mol. The monoisotopic (exact) mass is 325 g/mol. The molecule has 0 saturated heterocycles. The molecule has 0 spiro atoms. The predicted molar refractivity (Wildman–Crippen MR) is 97.7 cm³/mol. The van der Waals surface area contributed by atoms with Gasteiger partial charge in [0.2, 0.25) is 5.91 Å². The summed E-state index contributed by atoms with van der Waals surface area (Å²) in [6, 6.07) is 13.3. The molecule has 0 aliphatic carbocycles. The summed E-state index contributed by atoms with van der Waals surface area (Å²) in [5.74, 6) is 1.64. The fourth-order valence-electron chi connectivity index (χ4n) is 2.26. The molecule has 24 heavy (non-hydrogen) atoms. The standard InChI is InChI=1S/C20H23NO3/c1-14(2)15-5-9-17(10-6-15)21-20(22)12-8-16-7-11-18(23-3)13-19(16)24-4/h5-14H,1-4H3,(H,21,22)/b12-8+. The van der Waals surface area contributed by atoms with Crippen LogP contribution in [-0.2, 0) is 4.79 Å². The molecule has 1 amide bonds. The molecule has 0 unspecified atom stereocenters. The van der Waals surface area contributed by atoms with Crippen LogP contribution in [0.15, 0.2) is 48.5 Å². The quantitative estimate of drug-likeness (QED) is 0.797. The molecule has 4 heteroatoms. The number of anilines is 1. The zero-order chi connectivity index (χ0) is 17.5. The number of ether oxygens (including phenoxy) is 2. The van der Waals surface area contributed by atoms with Crippen LogP contribution in [0, 0.1) is 0 Å². The third kappa shape index (κ3) is 4.62. The molecular weight excluding hydrogens is 302 g/mol. The second kappa shape index (κ2) is 8.20. The Labute approximate surface area is 143 Å². The average Bonchev–Trinajstić information content (AvgIpc) is 2.60. The van der Waals surface area contributed by atoms with Crippen LogP contribution in [0.5, 0.6) is 11.5 Å². The highest BCUT2D eigenvalue weighted by Crippen LogP contribution is 2.25. The molecule has 4 nitrogen and oxygen atoms in total. The number of hydrogen-bond donors (Lipinski definition) is 1. The molecule has 0 radical (unpaired) electrons. The van der Waals surface area contributed by atoms with Crippen LogP contribution in [0.2, 0.25) is 0 Å². The van der Waals surface area contributed by atoms with Crippen LogP contribution in [-0.4, -0.2) is 20.1 Å². The third-order valence-corrected chi connectivity index (χ3v) is 3.70. The smallest absolute Gasteiger partial charge is 0.248 e. The maximum Gasteiger partial charge on any atom is 0.248 e. The van der Waals surface area contributed by atoms with Crippen molar-refractivity contribution in [3.63, 3.8) is 0 Å². The fraction of sp³-hybridized carbons (Fsp3) is 0.250. The molecule has 0 aliphatic heterocycles. The summed E-state index contributed by atoms with van der Waals surface area (Å²) >= 11 is 0. The molecule has 2 rings (SSSR count). The zero-order valence-corrected chi connectivity index (χ0v) is 14.5. The predicted octanol–water partition coefficient (Wildman–Crippen LogP) is 4.48. The summed E-state index contributed by atoms with van der Waals surface area (Å²) in [6.45, 7) is 4.27. The Morgan fingerprint density at radius 1 is 1.04 bits per heavy atom. The Morgan fingerprint density at radius 2 is 1.75 bits per heavy atom. The van der Waals surface area contributed by atoms with Gasteiger partial charge in [-0.3, -0.25) is 4.79 Å². The molecule has 0 atom stereocenters. The van der Waals surface area contributed by atoms with Gasteiger partial charge in [0.1, 0.15) is 11.5 Å². The molecule has 126 valence electrons. The SMILES string of the molecule is COc1ccc(/C=C/C(=O)Nc2ccc(C(C)C)cc2)c(OC)c1. The highest BCUT2D eigenvalue weighted by Gasteiger charge is 2.04. The van der Waals surface area contributed by atoms with Gasteiger partial charge in [-0.25, -0.2) is 0 Å². The lowest BCUT2D eigenvalue weighted by molar-refractivity contribution is -0.111. The highest BCUT2D eigenvalue weighted by atomic mass is 16.5. The van der Waals surface area contributed by atoms with Gasteiger partial charge in [0, 0.05) is 23.4 Å². The molecule has 0 saturated carbocycles. The van der Waals surface area contributed by atoms with Crippen LogP contribution >= 0.6 is 0 Å². The van der Waals surface area contributed by atoms with Crippen molar-refractivity contribution in [1.29, 1.82) is 0 Å². The second-order valence-electron chi connectivity index (χ2n) is 5.71. The molecular formula is C20H23NO3. The summed E-state index contributed by atoms with van der Waals surface area (Å²) in [6.07, 6.45) is 3.21. The van der Waals surface area contributed by atoms with Crippen molar-refractivity contribution < 1.29 is 14.3 Å². The van der Waals surface area contributed by atoms with Crippen molar-refractivity contribution in [2.24, 2.45) is 0 Å². The first-order chi connectivity index (χ1) is 11.5. The first-order valence-electron chi connectivity index (χ1n) is 7.84. The van der Waals surface area contributed by atoms with Crippen molar-refractivity contribution >= 4 is 17.7 Å². The van der Waals surface area contributed by atoms with E-state index in [4.69, 9.17) is 9.47 Å². The Morgan fingerprint density at radius 3 is 2.33 bits per heavy atom. The van der Waals surface area contributed by atoms with Gasteiger partial charge in [-0.1, -0.05) is 26.0 Å². The van der Waals surface area contributed by atoms with E-state index >= 15 is 0 Å². The molecule has 2 aromatic rings. The van der Waals surface area contributed by atoms with E-state index in [1.54, 1.807) is 26.4 Å². The van der Waals surface area contributed by atoms with Gasteiger partial charge in [0.15, 0.2) is 0 Å². The van der Waals surface area contributed by atoms with Crippen LogP contribution < -0.4 is 14.8 Å². The van der Waals surface area contributed by atoms with Crippen molar-refractivity contribution in [2.75, 3.05) is 19.5 Å². The van der Waals surface area contributed by atoms with E-state index in [1.165, 1.54) is 11.6 Å². The van der Waals surface area contributed by atoms with Crippen LogP contribution in [0.4, 0.5) is 5.69 Å². The topological polar surface area (TPSA) is 47.6 Å². The van der Waals surface area contributed by atoms with E-state index in [1.807, 2.05) is 36.4 Å². The summed E-state index contributed by atoms with van der Waals surface area (Å²) in [4.78, 5) is 12.1. The van der Waals surface area contributed by atoms with Crippen molar-refractivity contribution in [2.45, 2.75) is 19.8 Å². The molecule has 1 N–H and O–H groups in total. The molecule has 0 fully saturated rings. The Hall–Kier alpha value is -2.75. The van der Waals surface area contributed by atoms with E-state index in [0.717, 1.165) is 11.3 Å². The van der Waals surface area contributed by atoms with Crippen molar-refractivity contribution in [3.05, 3.63) is 59.7 Å². The van der Waals surface area contributed by atoms with Crippen molar-refractivity contribution in [3.8, 4) is 11.5 Å². The summed E-state index contributed by atoms with van der Waals surface area (Å²) < 4.78 is 10.5. The van der Waals surface area contributed by atoms with Gasteiger partial charge >= 0.3 is 0 Å². The van der Waals surface area contributed by atoms with E-state index in [0.29, 0.717) is 17.4 Å². The highest BCUT2D eigenvalue weighted by molar-refractivity contribution is 6.02. The Bertz CT molecular complexity index is 718. The van der Waals surface area contributed by atoms with E-state index < -0.39 is 0 Å². The second-order valence-corrected chi connectivity index (χ2v) is 5.71. The minimum atomic E-state index is -0.190. The number of carbonyl (C=O) groups is 1. The molecule has 0 bridgehead atoms. The van der Waals surface area contributed by atoms with E-state index in [9.17, 15) is 4.79 Å². The number of amides is 1. The molecule has 0 heterocycles. The zero-order valence-electron chi connectivity index (χ0n) is 14.5. The first-order valence-corrected chi connectivity index (χ1v) is 7.84. The van der Waals surface area contributed by atoms with Gasteiger partial charge < -0.3 is 14.8 Å². The van der Waals surface area contributed by atoms with Gasteiger partial charge in [-0.15, -0.1) is 0 Å². The number of rotatable bonds is 6. The van der Waals surface area contributed by atoms with Crippen molar-refractivity contribution in [1.82, 2.24) is 0 Å². The largest absolute Gasteiger partial charge is 0.497 e. The minimum Gasteiger partial charge on any atom is -0.497 e. The van der Waals surface area contributed by atoms with Crippen LogP contribution in [0.1, 0.15) is 30.9 Å². The Balaban J connectivity index is 2.05. The van der Waals surface area contributed by atoms with Crippen LogP contribution in [0.3, 0.4) is 0 Å². The summed E-state index contributed by atoms with van der Waals surface area (Å²) in [7, 11) is 3.19. The van der Waals surface area contributed by atoms with E-state index in [-0.39, 0.29) is 5.91 Å².